The van der Waals surface area contributed by atoms with Crippen LogP contribution in [0.1, 0.15) is 5.56 Å². The fraction of sp³-hybridized carbons (Fsp3) is 0.154. The molecule has 0 radical (unpaired) electrons. The van der Waals surface area contributed by atoms with Crippen molar-refractivity contribution in [2.24, 2.45) is 0 Å². The van der Waals surface area contributed by atoms with Crippen molar-refractivity contribution in [3.05, 3.63) is 54.2 Å². The smallest absolute Gasteiger partial charge is 0.262 e. The van der Waals surface area contributed by atoms with Crippen LogP contribution in [-0.2, 0) is 0 Å². The topological polar surface area (TPSA) is 40.1 Å². The molecule has 1 aromatic carbocycles. The zero-order valence-corrected chi connectivity index (χ0v) is 9.09. The first-order valence-corrected chi connectivity index (χ1v) is 5.13. The van der Waals surface area contributed by atoms with Gasteiger partial charge in [-0.1, -0.05) is 30.3 Å². The van der Waals surface area contributed by atoms with Crippen molar-refractivity contribution in [3.8, 4) is 0 Å². The average molecular weight is 215 g/mol. The molecule has 1 unspecified atom stereocenters. The van der Waals surface area contributed by atoms with Crippen LogP contribution in [0, 0.1) is 0 Å². The fourth-order valence-electron chi connectivity index (χ4n) is 1.64. The molecule has 3 heteroatoms. The van der Waals surface area contributed by atoms with E-state index in [1.165, 1.54) is 0 Å². The molecule has 1 heterocycles. The molecule has 1 aliphatic heterocycles. The molecule has 0 N–H and O–H groups in total. The number of quaternary nitrogens is 1. The van der Waals surface area contributed by atoms with Crippen molar-refractivity contribution in [2.75, 3.05) is 13.6 Å². The predicted octanol–water partition coefficient (Wildman–Crippen LogP) is 1.39. The molecule has 82 valence electrons. The number of hydrogen-bond acceptors (Lipinski definition) is 2. The molecule has 1 aliphatic rings. The van der Waals surface area contributed by atoms with Crippen LogP contribution >= 0.6 is 0 Å². The van der Waals surface area contributed by atoms with E-state index < -0.39 is 6.09 Å². The zero-order valence-electron chi connectivity index (χ0n) is 9.09. The highest BCUT2D eigenvalue weighted by Gasteiger charge is 2.23. The summed E-state index contributed by atoms with van der Waals surface area (Å²) in [5, 5.41) is 10.9. The van der Waals surface area contributed by atoms with E-state index in [1.54, 1.807) is 13.2 Å². The van der Waals surface area contributed by atoms with Crippen LogP contribution in [0.5, 0.6) is 0 Å². The summed E-state index contributed by atoms with van der Waals surface area (Å²) in [7, 11) is 1.62. The zero-order chi connectivity index (χ0) is 11.6. The Labute approximate surface area is 94.5 Å². The fourth-order valence-corrected chi connectivity index (χ4v) is 1.64. The van der Waals surface area contributed by atoms with E-state index in [9.17, 15) is 9.90 Å². The van der Waals surface area contributed by atoms with Gasteiger partial charge in [-0.3, -0.25) is 0 Å². The number of allylic oxidation sites excluding steroid dienone is 2. The minimum absolute atomic E-state index is 0.198. The second kappa shape index (κ2) is 3.94. The molecule has 0 aliphatic carbocycles. The van der Waals surface area contributed by atoms with Crippen LogP contribution in [0.4, 0.5) is 4.79 Å². The van der Waals surface area contributed by atoms with Crippen molar-refractivity contribution in [1.29, 1.82) is 0 Å². The Morgan fingerprint density at radius 2 is 2.00 bits per heavy atom. The average Bonchev–Trinajstić information content (AvgIpc) is 2.31. The Kier molecular flexibility index (Phi) is 2.62. The highest BCUT2D eigenvalue weighted by molar-refractivity contribution is 5.75. The number of amides is 1. The van der Waals surface area contributed by atoms with Gasteiger partial charge >= 0.3 is 0 Å². The van der Waals surface area contributed by atoms with Gasteiger partial charge in [-0.25, -0.2) is 4.48 Å². The van der Waals surface area contributed by atoms with Crippen molar-refractivity contribution in [3.63, 3.8) is 0 Å². The largest absolute Gasteiger partial charge is 0.498 e. The van der Waals surface area contributed by atoms with Gasteiger partial charge in [0.15, 0.2) is 0 Å². The predicted molar refractivity (Wildman–Crippen MR) is 60.0 cm³/mol. The number of carboxylic acid groups (broad SMARTS) is 1. The second-order valence-electron chi connectivity index (χ2n) is 4.06. The van der Waals surface area contributed by atoms with E-state index >= 15 is 0 Å². The maximum absolute atomic E-state index is 10.9. The van der Waals surface area contributed by atoms with E-state index in [-0.39, 0.29) is 4.48 Å². The summed E-state index contributed by atoms with van der Waals surface area (Å²) in [6.07, 6.45) is 4.32. The number of hydrogen-bond donors (Lipinski definition) is 0. The molecule has 0 spiro atoms. The van der Waals surface area contributed by atoms with Gasteiger partial charge < -0.3 is 9.90 Å². The SMILES string of the molecule is C[N+]1(C(=O)[O-])C=CC(c2ccccc2)=CC1. The van der Waals surface area contributed by atoms with Crippen LogP contribution in [0.3, 0.4) is 0 Å². The summed E-state index contributed by atoms with van der Waals surface area (Å²) in [6, 6.07) is 9.89. The lowest BCUT2D eigenvalue weighted by atomic mass is 10.0. The summed E-state index contributed by atoms with van der Waals surface area (Å²) in [6.45, 7) is 0.420. The van der Waals surface area contributed by atoms with Crippen LogP contribution < -0.4 is 5.11 Å². The first-order valence-electron chi connectivity index (χ1n) is 5.13. The Morgan fingerprint density at radius 3 is 2.50 bits per heavy atom. The van der Waals surface area contributed by atoms with Gasteiger partial charge in [0.05, 0.1) is 7.05 Å². The Bertz CT molecular complexity index is 462. The Hall–Kier alpha value is -1.87. The second-order valence-corrected chi connectivity index (χ2v) is 4.06. The highest BCUT2D eigenvalue weighted by atomic mass is 16.4. The molecule has 0 aromatic heterocycles. The summed E-state index contributed by atoms with van der Waals surface area (Å²) in [5.41, 5.74) is 2.15. The van der Waals surface area contributed by atoms with Gasteiger partial charge in [0, 0.05) is 0 Å². The minimum Gasteiger partial charge on any atom is -0.498 e. The minimum atomic E-state index is -1.08. The molecule has 0 saturated carbocycles. The van der Waals surface area contributed by atoms with Crippen molar-refractivity contribution in [2.45, 2.75) is 0 Å². The van der Waals surface area contributed by atoms with Gasteiger partial charge in [-0.15, -0.1) is 0 Å². The Balaban J connectivity index is 2.23. The molecule has 0 fully saturated rings. The number of nitrogens with zero attached hydrogens (tertiary/aromatic N) is 1. The van der Waals surface area contributed by atoms with Crippen molar-refractivity contribution in [1.82, 2.24) is 0 Å². The van der Waals surface area contributed by atoms with E-state index in [4.69, 9.17) is 0 Å². The number of benzene rings is 1. The number of carbonyl (C=O) groups excluding carboxylic acids is 1. The molecule has 0 saturated heterocycles. The van der Waals surface area contributed by atoms with Gasteiger partial charge in [0.2, 0.25) is 0 Å². The summed E-state index contributed by atoms with van der Waals surface area (Å²) < 4.78 is -0.198. The first kappa shape index (κ1) is 10.6. The summed E-state index contributed by atoms with van der Waals surface area (Å²) >= 11 is 0. The third-order valence-corrected chi connectivity index (χ3v) is 2.80. The Morgan fingerprint density at radius 1 is 1.31 bits per heavy atom. The van der Waals surface area contributed by atoms with E-state index in [0.29, 0.717) is 6.54 Å². The lowest BCUT2D eigenvalue weighted by molar-refractivity contribution is -0.802. The number of likely N-dealkylation sites (N-methyl/N-ethyl adjacent to an activating group) is 1. The molecular weight excluding hydrogens is 202 g/mol. The van der Waals surface area contributed by atoms with Crippen LogP contribution in [0.2, 0.25) is 0 Å². The summed E-state index contributed by atoms with van der Waals surface area (Å²) in [5.74, 6) is 0. The van der Waals surface area contributed by atoms with E-state index in [2.05, 4.69) is 0 Å². The monoisotopic (exact) mass is 215 g/mol. The normalized spacial score (nSPS) is 23.9. The molecular formula is C13H13NO2. The van der Waals surface area contributed by atoms with Crippen LogP contribution in [-0.4, -0.2) is 24.2 Å². The molecule has 16 heavy (non-hydrogen) atoms. The lowest BCUT2D eigenvalue weighted by Gasteiger charge is -2.30. The third-order valence-electron chi connectivity index (χ3n) is 2.80. The molecule has 3 nitrogen and oxygen atoms in total. The maximum Gasteiger partial charge on any atom is 0.262 e. The molecule has 2 rings (SSSR count). The standard InChI is InChI=1S/C13H13NO2/c1-14(13(15)16)9-7-12(8-10-14)11-5-3-2-4-6-11/h2-9H,10H2,1H3. The van der Waals surface area contributed by atoms with Gasteiger partial charge in [-0.05, 0) is 23.3 Å². The maximum atomic E-state index is 10.9. The van der Waals surface area contributed by atoms with Gasteiger partial charge in [0.25, 0.3) is 6.09 Å². The van der Waals surface area contributed by atoms with Gasteiger partial charge in [-0.2, -0.15) is 0 Å². The lowest BCUT2D eigenvalue weighted by Crippen LogP contribution is -2.52. The third kappa shape index (κ3) is 1.90. The quantitative estimate of drug-likeness (QED) is 0.664. The molecule has 1 atom stereocenters. The van der Waals surface area contributed by atoms with E-state index in [0.717, 1.165) is 11.1 Å². The number of rotatable bonds is 1. The molecule has 1 amide bonds. The summed E-state index contributed by atoms with van der Waals surface area (Å²) in [4.78, 5) is 10.9. The van der Waals surface area contributed by atoms with Crippen molar-refractivity contribution >= 4 is 11.7 Å². The van der Waals surface area contributed by atoms with Crippen LogP contribution in [0.15, 0.2) is 48.7 Å². The van der Waals surface area contributed by atoms with E-state index in [1.807, 2.05) is 42.5 Å². The van der Waals surface area contributed by atoms with Gasteiger partial charge in [0.1, 0.15) is 12.7 Å². The number of carbonyl (C=O) groups is 1. The molecule has 1 aromatic rings. The molecule has 0 bridgehead atoms. The van der Waals surface area contributed by atoms with Crippen molar-refractivity contribution < 1.29 is 14.4 Å². The highest BCUT2D eigenvalue weighted by Crippen LogP contribution is 2.21. The van der Waals surface area contributed by atoms with Crippen LogP contribution in [0.25, 0.3) is 5.57 Å². The first-order chi connectivity index (χ1) is 7.62.